The highest BCUT2D eigenvalue weighted by Crippen LogP contribution is 2.14. The molecule has 8 heteroatoms. The number of hydrogen-bond acceptors (Lipinski definition) is 4. The van der Waals surface area contributed by atoms with Gasteiger partial charge < -0.3 is 10.0 Å². The van der Waals surface area contributed by atoms with Crippen LogP contribution in [-0.4, -0.2) is 48.0 Å². The molecule has 0 bridgehead atoms. The lowest BCUT2D eigenvalue weighted by Gasteiger charge is -2.19. The molecule has 2 rings (SSSR count). The summed E-state index contributed by atoms with van der Waals surface area (Å²) >= 11 is 0. The Kier molecular flexibility index (Phi) is 5.38. The molecule has 24 heavy (non-hydrogen) atoms. The number of rotatable bonds is 7. The third-order valence-corrected chi connectivity index (χ3v) is 4.00. The van der Waals surface area contributed by atoms with E-state index in [4.69, 9.17) is 5.11 Å². The van der Waals surface area contributed by atoms with Crippen LogP contribution >= 0.6 is 0 Å². The van der Waals surface area contributed by atoms with Crippen molar-refractivity contribution in [3.8, 4) is 0 Å². The molecule has 0 radical (unpaired) electrons. The van der Waals surface area contributed by atoms with Crippen LogP contribution in [-0.2, 0) is 17.9 Å². The SMILES string of the molecule is CCN(Cc1cn(CC)nc1C)C(=O)c1cnn(C(C)C(=O)O)c1. The molecule has 130 valence electrons. The van der Waals surface area contributed by atoms with Crippen molar-refractivity contribution in [2.75, 3.05) is 6.54 Å². The lowest BCUT2D eigenvalue weighted by Crippen LogP contribution is -2.30. The minimum absolute atomic E-state index is 0.176. The van der Waals surface area contributed by atoms with Gasteiger partial charge >= 0.3 is 5.97 Å². The molecule has 0 aliphatic carbocycles. The molecule has 2 aromatic rings. The predicted octanol–water partition coefficient (Wildman–Crippen LogP) is 1.72. The van der Waals surface area contributed by atoms with Gasteiger partial charge in [0.05, 0.1) is 17.5 Å². The van der Waals surface area contributed by atoms with Crippen LogP contribution in [0, 0.1) is 6.92 Å². The van der Waals surface area contributed by atoms with Crippen LogP contribution in [0.15, 0.2) is 18.6 Å². The van der Waals surface area contributed by atoms with Crippen LogP contribution in [0.3, 0.4) is 0 Å². The Hall–Kier alpha value is -2.64. The summed E-state index contributed by atoms with van der Waals surface area (Å²) in [5.74, 6) is -1.17. The van der Waals surface area contributed by atoms with Crippen molar-refractivity contribution in [2.45, 2.75) is 46.8 Å². The first-order chi connectivity index (χ1) is 11.4. The van der Waals surface area contributed by atoms with Gasteiger partial charge in [0.2, 0.25) is 0 Å². The highest BCUT2D eigenvalue weighted by molar-refractivity contribution is 5.93. The molecule has 8 nitrogen and oxygen atoms in total. The quantitative estimate of drug-likeness (QED) is 0.832. The van der Waals surface area contributed by atoms with Gasteiger partial charge in [0, 0.05) is 37.6 Å². The molecule has 1 atom stereocenters. The van der Waals surface area contributed by atoms with Gasteiger partial charge in [0.1, 0.15) is 6.04 Å². The fraction of sp³-hybridized carbons (Fsp3) is 0.500. The molecular formula is C16H23N5O3. The van der Waals surface area contributed by atoms with Gasteiger partial charge in [-0.05, 0) is 27.7 Å². The third kappa shape index (κ3) is 3.64. The zero-order valence-electron chi connectivity index (χ0n) is 14.4. The molecule has 0 saturated carbocycles. The van der Waals surface area contributed by atoms with Crippen LogP contribution in [0.2, 0.25) is 0 Å². The Morgan fingerprint density at radius 1 is 1.33 bits per heavy atom. The summed E-state index contributed by atoms with van der Waals surface area (Å²) in [6, 6.07) is -0.813. The molecular weight excluding hydrogens is 310 g/mol. The fourth-order valence-electron chi connectivity index (χ4n) is 2.37. The third-order valence-electron chi connectivity index (χ3n) is 4.00. The largest absolute Gasteiger partial charge is 0.480 e. The summed E-state index contributed by atoms with van der Waals surface area (Å²) in [6.45, 7) is 9.13. The second-order valence-electron chi connectivity index (χ2n) is 5.64. The molecule has 0 aromatic carbocycles. The van der Waals surface area contributed by atoms with Gasteiger partial charge in [-0.15, -0.1) is 0 Å². The maximum Gasteiger partial charge on any atom is 0.328 e. The first kappa shape index (κ1) is 17.7. The number of amides is 1. The number of hydrogen-bond donors (Lipinski definition) is 1. The Morgan fingerprint density at radius 2 is 2.04 bits per heavy atom. The van der Waals surface area contributed by atoms with Crippen LogP contribution in [0.5, 0.6) is 0 Å². The summed E-state index contributed by atoms with van der Waals surface area (Å²) < 4.78 is 3.12. The molecule has 0 spiro atoms. The first-order valence-corrected chi connectivity index (χ1v) is 7.96. The number of nitrogens with zero attached hydrogens (tertiary/aromatic N) is 5. The molecule has 0 fully saturated rings. The van der Waals surface area contributed by atoms with E-state index in [2.05, 4.69) is 10.2 Å². The minimum atomic E-state index is -0.993. The van der Waals surface area contributed by atoms with Gasteiger partial charge in [-0.1, -0.05) is 0 Å². The van der Waals surface area contributed by atoms with Crippen molar-refractivity contribution in [1.82, 2.24) is 24.5 Å². The summed E-state index contributed by atoms with van der Waals surface area (Å²) in [5.41, 5.74) is 2.28. The van der Waals surface area contributed by atoms with Crippen LogP contribution in [0.1, 0.15) is 48.4 Å². The Bertz CT molecular complexity index is 734. The molecule has 1 unspecified atom stereocenters. The van der Waals surface area contributed by atoms with Crippen molar-refractivity contribution in [3.05, 3.63) is 35.4 Å². The number of carbonyl (C=O) groups is 2. The van der Waals surface area contributed by atoms with Crippen molar-refractivity contribution in [1.29, 1.82) is 0 Å². The average molecular weight is 333 g/mol. The van der Waals surface area contributed by atoms with Gasteiger partial charge in [-0.25, -0.2) is 4.79 Å². The van der Waals surface area contributed by atoms with E-state index >= 15 is 0 Å². The predicted molar refractivity (Wildman–Crippen MR) is 87.6 cm³/mol. The standard InChI is InChI=1S/C16H23N5O3/c1-5-19(8-14-9-20(6-2)18-11(14)3)15(22)13-7-17-21(10-13)12(4)16(23)24/h7,9-10,12H,5-6,8H2,1-4H3,(H,23,24). The van der Waals surface area contributed by atoms with Crippen LogP contribution in [0.4, 0.5) is 0 Å². The lowest BCUT2D eigenvalue weighted by molar-refractivity contribution is -0.140. The number of carboxylic acid groups (broad SMARTS) is 1. The van der Waals surface area contributed by atoms with Crippen LogP contribution < -0.4 is 0 Å². The van der Waals surface area contributed by atoms with Gasteiger partial charge in [0.25, 0.3) is 5.91 Å². The molecule has 2 aromatic heterocycles. The molecule has 0 aliphatic rings. The van der Waals surface area contributed by atoms with Gasteiger partial charge in [0.15, 0.2) is 0 Å². The topological polar surface area (TPSA) is 93.3 Å². The van der Waals surface area contributed by atoms with Crippen molar-refractivity contribution in [2.24, 2.45) is 0 Å². The highest BCUT2D eigenvalue weighted by atomic mass is 16.4. The van der Waals surface area contributed by atoms with E-state index in [0.717, 1.165) is 17.8 Å². The lowest BCUT2D eigenvalue weighted by atomic mass is 10.2. The summed E-state index contributed by atoms with van der Waals surface area (Å²) in [6.07, 6.45) is 4.83. The second-order valence-corrected chi connectivity index (χ2v) is 5.64. The normalized spacial score (nSPS) is 12.2. The van der Waals surface area contributed by atoms with Crippen molar-refractivity contribution < 1.29 is 14.7 Å². The Balaban J connectivity index is 2.16. The second kappa shape index (κ2) is 7.29. The summed E-state index contributed by atoms with van der Waals surface area (Å²) in [7, 11) is 0. The zero-order valence-corrected chi connectivity index (χ0v) is 14.4. The van der Waals surface area contributed by atoms with Crippen molar-refractivity contribution in [3.63, 3.8) is 0 Å². The molecule has 0 saturated heterocycles. The van der Waals surface area contributed by atoms with E-state index in [1.54, 1.807) is 4.90 Å². The number of aromatic nitrogens is 4. The van der Waals surface area contributed by atoms with E-state index in [1.165, 1.54) is 24.0 Å². The minimum Gasteiger partial charge on any atom is -0.480 e. The maximum absolute atomic E-state index is 12.7. The zero-order chi connectivity index (χ0) is 17.9. The van der Waals surface area contributed by atoms with E-state index in [9.17, 15) is 9.59 Å². The van der Waals surface area contributed by atoms with Crippen LogP contribution in [0.25, 0.3) is 0 Å². The number of aryl methyl sites for hydroxylation is 2. The maximum atomic E-state index is 12.7. The fourth-order valence-corrected chi connectivity index (χ4v) is 2.37. The molecule has 1 N–H and O–H groups in total. The smallest absolute Gasteiger partial charge is 0.328 e. The number of carboxylic acids is 1. The highest BCUT2D eigenvalue weighted by Gasteiger charge is 2.21. The molecule has 1 amide bonds. The van der Waals surface area contributed by atoms with Gasteiger partial charge in [-0.2, -0.15) is 10.2 Å². The Labute approximate surface area is 140 Å². The first-order valence-electron chi connectivity index (χ1n) is 7.96. The number of carbonyl (C=O) groups excluding carboxylic acids is 1. The van der Waals surface area contributed by atoms with E-state index < -0.39 is 12.0 Å². The van der Waals surface area contributed by atoms with E-state index in [0.29, 0.717) is 18.7 Å². The summed E-state index contributed by atoms with van der Waals surface area (Å²) in [5, 5.41) is 17.4. The van der Waals surface area contributed by atoms with E-state index in [1.807, 2.05) is 31.6 Å². The number of aliphatic carboxylic acids is 1. The van der Waals surface area contributed by atoms with Gasteiger partial charge in [-0.3, -0.25) is 14.2 Å². The van der Waals surface area contributed by atoms with E-state index in [-0.39, 0.29) is 5.91 Å². The summed E-state index contributed by atoms with van der Waals surface area (Å²) in [4.78, 5) is 25.4. The molecule has 0 aliphatic heterocycles. The van der Waals surface area contributed by atoms with Crippen molar-refractivity contribution >= 4 is 11.9 Å². The molecule has 2 heterocycles. The monoisotopic (exact) mass is 333 g/mol. The Morgan fingerprint density at radius 3 is 2.58 bits per heavy atom. The average Bonchev–Trinajstić information content (AvgIpc) is 3.18.